The van der Waals surface area contributed by atoms with Crippen molar-refractivity contribution in [1.82, 2.24) is 14.8 Å². The molecular weight excluding hydrogens is 427 g/mol. The highest BCUT2D eigenvalue weighted by Crippen LogP contribution is 2.38. The van der Waals surface area contributed by atoms with Gasteiger partial charge < -0.3 is 24.8 Å². The summed E-state index contributed by atoms with van der Waals surface area (Å²) in [7, 11) is 0. The Balaban J connectivity index is 1.49. The molecule has 178 valence electrons. The molecule has 2 heterocycles. The number of aromatic carboxylic acids is 1. The zero-order valence-corrected chi connectivity index (χ0v) is 19.0. The molecule has 33 heavy (non-hydrogen) atoms. The van der Waals surface area contributed by atoms with Crippen LogP contribution in [-0.2, 0) is 0 Å². The van der Waals surface area contributed by atoms with E-state index in [9.17, 15) is 19.5 Å². The van der Waals surface area contributed by atoms with Crippen LogP contribution in [0.2, 0.25) is 0 Å². The van der Waals surface area contributed by atoms with Crippen molar-refractivity contribution >= 4 is 28.6 Å². The molecule has 9 heteroatoms. The number of benzene rings is 1. The minimum absolute atomic E-state index is 0.0872. The van der Waals surface area contributed by atoms with Crippen LogP contribution in [0, 0.1) is 5.82 Å². The number of carboxylic acid groups (broad SMARTS) is 1. The highest BCUT2D eigenvalue weighted by atomic mass is 19.1. The number of halogens is 1. The number of piperazine rings is 1. The second-order valence-corrected chi connectivity index (χ2v) is 8.90. The summed E-state index contributed by atoms with van der Waals surface area (Å²) >= 11 is 0. The van der Waals surface area contributed by atoms with E-state index in [1.165, 1.54) is 6.20 Å². The molecule has 1 saturated heterocycles. The molecule has 2 aliphatic rings. The monoisotopic (exact) mass is 458 g/mol. The third kappa shape index (κ3) is 4.96. The number of anilines is 1. The van der Waals surface area contributed by atoms with Crippen LogP contribution in [0.4, 0.5) is 14.9 Å². The number of carbonyl (C=O) groups excluding carboxylic acids is 1. The van der Waals surface area contributed by atoms with Gasteiger partial charge in [0.05, 0.1) is 11.2 Å². The summed E-state index contributed by atoms with van der Waals surface area (Å²) < 4.78 is 16.9. The normalized spacial score (nSPS) is 16.3. The van der Waals surface area contributed by atoms with Gasteiger partial charge in [-0.3, -0.25) is 4.79 Å². The fraction of sp³-hybridized carbons (Fsp3) is 0.542. The van der Waals surface area contributed by atoms with E-state index in [1.54, 1.807) is 15.5 Å². The van der Waals surface area contributed by atoms with Gasteiger partial charge in [0, 0.05) is 50.3 Å². The average molecular weight is 459 g/mol. The van der Waals surface area contributed by atoms with Gasteiger partial charge in [0.25, 0.3) is 0 Å². The van der Waals surface area contributed by atoms with E-state index < -0.39 is 17.2 Å². The molecule has 1 saturated carbocycles. The van der Waals surface area contributed by atoms with Gasteiger partial charge in [-0.05, 0) is 31.4 Å². The third-order valence-electron chi connectivity index (χ3n) is 6.49. The van der Waals surface area contributed by atoms with Gasteiger partial charge in [-0.25, -0.2) is 14.0 Å². The summed E-state index contributed by atoms with van der Waals surface area (Å²) in [6.07, 6.45) is 7.57. The molecule has 2 amide bonds. The predicted octanol–water partition coefficient (Wildman–Crippen LogP) is 3.59. The molecule has 1 aliphatic carbocycles. The lowest BCUT2D eigenvalue weighted by molar-refractivity contribution is 0.0694. The Morgan fingerprint density at radius 2 is 1.85 bits per heavy atom. The Bertz CT molecular complexity index is 1100. The molecule has 2 N–H and O–H groups in total. The minimum atomic E-state index is -1.31. The second kappa shape index (κ2) is 9.80. The van der Waals surface area contributed by atoms with E-state index in [0.717, 1.165) is 44.6 Å². The number of pyridine rings is 1. The Labute approximate surface area is 192 Å². The number of carboxylic acids is 1. The maximum Gasteiger partial charge on any atom is 0.341 e. The van der Waals surface area contributed by atoms with E-state index in [0.29, 0.717) is 43.9 Å². The molecule has 2 aromatic rings. The van der Waals surface area contributed by atoms with Crippen LogP contribution >= 0.6 is 0 Å². The Morgan fingerprint density at radius 3 is 2.48 bits per heavy atom. The van der Waals surface area contributed by atoms with E-state index in [-0.39, 0.29) is 23.0 Å². The van der Waals surface area contributed by atoms with E-state index in [4.69, 9.17) is 0 Å². The molecule has 0 spiro atoms. The van der Waals surface area contributed by atoms with Crippen LogP contribution < -0.4 is 15.6 Å². The average Bonchev–Trinajstić information content (AvgIpc) is 3.64. The Morgan fingerprint density at radius 1 is 1.12 bits per heavy atom. The number of carbonyl (C=O) groups is 2. The van der Waals surface area contributed by atoms with E-state index >= 15 is 4.39 Å². The van der Waals surface area contributed by atoms with Crippen molar-refractivity contribution in [1.29, 1.82) is 0 Å². The van der Waals surface area contributed by atoms with Gasteiger partial charge in [0.2, 0.25) is 5.43 Å². The van der Waals surface area contributed by atoms with Crippen LogP contribution in [0.5, 0.6) is 0 Å². The molecule has 2 fully saturated rings. The summed E-state index contributed by atoms with van der Waals surface area (Å²) in [4.78, 5) is 40.2. The summed E-state index contributed by atoms with van der Waals surface area (Å²) in [5.74, 6) is -1.86. The number of amides is 2. The number of nitrogens with zero attached hydrogens (tertiary/aromatic N) is 3. The van der Waals surface area contributed by atoms with Crippen molar-refractivity contribution in [2.24, 2.45) is 0 Å². The van der Waals surface area contributed by atoms with Crippen molar-refractivity contribution < 1.29 is 19.1 Å². The largest absolute Gasteiger partial charge is 0.477 e. The van der Waals surface area contributed by atoms with Gasteiger partial charge in [-0.2, -0.15) is 0 Å². The number of hydrogen-bond acceptors (Lipinski definition) is 4. The second-order valence-electron chi connectivity index (χ2n) is 8.90. The molecule has 0 radical (unpaired) electrons. The van der Waals surface area contributed by atoms with E-state index in [1.807, 2.05) is 4.90 Å². The summed E-state index contributed by atoms with van der Waals surface area (Å²) in [6.45, 7) is 4.72. The van der Waals surface area contributed by atoms with Crippen LogP contribution in [0.1, 0.15) is 61.8 Å². The number of nitrogens with one attached hydrogen (secondary N) is 1. The van der Waals surface area contributed by atoms with Gasteiger partial charge >= 0.3 is 12.0 Å². The molecule has 0 unspecified atom stereocenters. The Kier molecular flexibility index (Phi) is 6.85. The van der Waals surface area contributed by atoms with Crippen LogP contribution in [0.25, 0.3) is 10.9 Å². The van der Waals surface area contributed by atoms with Gasteiger partial charge in [0.1, 0.15) is 11.4 Å². The standard InChI is InChI=1S/C24H31FN4O4/c1-2-3-4-5-8-26-24(33)28-11-9-27(10-12-28)21-14-20-17(13-19(21)25)22(30)18(23(31)32)15-29(20)16-6-7-16/h13-16H,2-12H2,1H3,(H,26,33)(H,31,32). The van der Waals surface area contributed by atoms with Crippen molar-refractivity contribution in [2.45, 2.75) is 51.5 Å². The first-order chi connectivity index (χ1) is 15.9. The van der Waals surface area contributed by atoms with Crippen molar-refractivity contribution in [2.75, 3.05) is 37.6 Å². The summed E-state index contributed by atoms with van der Waals surface area (Å²) in [5.41, 5.74) is -0.0775. The number of hydrogen-bond donors (Lipinski definition) is 2. The topological polar surface area (TPSA) is 94.9 Å². The Hall–Kier alpha value is -3.10. The van der Waals surface area contributed by atoms with Gasteiger partial charge in [-0.1, -0.05) is 26.2 Å². The van der Waals surface area contributed by atoms with Crippen molar-refractivity contribution in [3.8, 4) is 0 Å². The SMILES string of the molecule is CCCCCCNC(=O)N1CCN(c2cc3c(cc2F)c(=O)c(C(=O)O)cn3C2CC2)CC1. The lowest BCUT2D eigenvalue weighted by atomic mass is 10.1. The summed E-state index contributed by atoms with van der Waals surface area (Å²) in [5, 5.41) is 12.4. The number of unbranched alkanes of at least 4 members (excludes halogenated alkanes) is 3. The van der Waals surface area contributed by atoms with Crippen LogP contribution in [0.15, 0.2) is 23.1 Å². The molecule has 0 atom stereocenters. The zero-order chi connectivity index (χ0) is 23.5. The molecule has 0 bridgehead atoms. The molecular formula is C24H31FN4O4. The van der Waals surface area contributed by atoms with Crippen molar-refractivity contribution in [3.05, 3.63) is 39.9 Å². The maximum absolute atomic E-state index is 15.1. The molecule has 4 rings (SSSR count). The molecule has 1 aromatic carbocycles. The van der Waals surface area contributed by atoms with E-state index in [2.05, 4.69) is 12.2 Å². The first-order valence-electron chi connectivity index (χ1n) is 11.8. The third-order valence-corrected chi connectivity index (χ3v) is 6.49. The lowest BCUT2D eigenvalue weighted by Gasteiger charge is -2.36. The van der Waals surface area contributed by atoms with Gasteiger partial charge in [0.15, 0.2) is 0 Å². The number of rotatable bonds is 8. The zero-order valence-electron chi connectivity index (χ0n) is 19.0. The molecule has 1 aromatic heterocycles. The predicted molar refractivity (Wildman–Crippen MR) is 125 cm³/mol. The highest BCUT2D eigenvalue weighted by Gasteiger charge is 2.29. The van der Waals surface area contributed by atoms with Crippen LogP contribution in [-0.4, -0.2) is 59.3 Å². The fourth-order valence-corrected chi connectivity index (χ4v) is 4.42. The first kappa shape index (κ1) is 23.1. The fourth-order valence-electron chi connectivity index (χ4n) is 4.42. The molecule has 1 aliphatic heterocycles. The number of urea groups is 1. The number of fused-ring (bicyclic) bond motifs is 1. The number of aromatic nitrogens is 1. The first-order valence-corrected chi connectivity index (χ1v) is 11.8. The quantitative estimate of drug-likeness (QED) is 0.590. The lowest BCUT2D eigenvalue weighted by Crippen LogP contribution is -2.52. The molecule has 8 nitrogen and oxygen atoms in total. The highest BCUT2D eigenvalue weighted by molar-refractivity contribution is 5.93. The minimum Gasteiger partial charge on any atom is -0.477 e. The van der Waals surface area contributed by atoms with Crippen LogP contribution in [0.3, 0.4) is 0 Å². The smallest absolute Gasteiger partial charge is 0.341 e. The maximum atomic E-state index is 15.1. The van der Waals surface area contributed by atoms with Gasteiger partial charge in [-0.15, -0.1) is 0 Å². The van der Waals surface area contributed by atoms with Crippen molar-refractivity contribution in [3.63, 3.8) is 0 Å². The summed E-state index contributed by atoms with van der Waals surface area (Å²) in [6, 6.07) is 2.85.